The summed E-state index contributed by atoms with van der Waals surface area (Å²) in [6.45, 7) is 11.1. The Balaban J connectivity index is 1.13. The number of nitrogens with zero attached hydrogens (tertiary/aromatic N) is 1. The Morgan fingerprint density at radius 3 is 2.51 bits per heavy atom. The van der Waals surface area contributed by atoms with Crippen molar-refractivity contribution in [3.8, 4) is 0 Å². The summed E-state index contributed by atoms with van der Waals surface area (Å²) in [7, 11) is 0. The average molecular weight is 546 g/mol. The number of carbonyl (C=O) groups is 2. The van der Waals surface area contributed by atoms with Crippen LogP contribution < -0.4 is 10.6 Å². The highest BCUT2D eigenvalue weighted by atomic mass is 16.7. The molecule has 1 saturated heterocycles. The number of fused-ring (bicyclic) bond motifs is 5. The van der Waals surface area contributed by atoms with Gasteiger partial charge in [-0.2, -0.15) is 0 Å². The molecule has 0 radical (unpaired) electrons. The molecule has 0 aromatic heterocycles. The predicted molar refractivity (Wildman–Crippen MR) is 150 cm³/mol. The fraction of sp³-hybridized carbons (Fsp3) is 0.903. The minimum Gasteiger partial charge on any atom is -0.462 e. The van der Waals surface area contributed by atoms with Gasteiger partial charge in [0, 0.05) is 18.5 Å². The van der Waals surface area contributed by atoms with Crippen molar-refractivity contribution in [3.05, 3.63) is 0 Å². The molecule has 8 heteroatoms. The first-order valence-corrected chi connectivity index (χ1v) is 15.6. The summed E-state index contributed by atoms with van der Waals surface area (Å²) in [5, 5.41) is 20.7. The van der Waals surface area contributed by atoms with E-state index in [0.717, 1.165) is 43.2 Å². The largest absolute Gasteiger partial charge is 0.462 e. The van der Waals surface area contributed by atoms with Crippen LogP contribution >= 0.6 is 0 Å². The monoisotopic (exact) mass is 545 g/mol. The summed E-state index contributed by atoms with van der Waals surface area (Å²) in [4.78, 5) is 29.9. The number of aliphatic hydroxyl groups excluding tert-OH is 1. The van der Waals surface area contributed by atoms with Crippen LogP contribution in [-0.4, -0.2) is 53.7 Å². The molecule has 3 N–H and O–H groups in total. The van der Waals surface area contributed by atoms with Crippen molar-refractivity contribution in [1.82, 2.24) is 10.6 Å². The van der Waals surface area contributed by atoms with E-state index in [2.05, 4.69) is 29.6 Å². The molecule has 0 aromatic carbocycles. The summed E-state index contributed by atoms with van der Waals surface area (Å²) in [5.74, 6) is 3.04. The van der Waals surface area contributed by atoms with E-state index in [9.17, 15) is 14.7 Å². The number of ether oxygens (including phenoxy) is 1. The van der Waals surface area contributed by atoms with E-state index in [1.807, 2.05) is 20.8 Å². The summed E-state index contributed by atoms with van der Waals surface area (Å²) >= 11 is 0. The number of nitrogens with one attached hydrogen (secondary N) is 2. The van der Waals surface area contributed by atoms with E-state index >= 15 is 0 Å². The maximum atomic E-state index is 12.4. The van der Waals surface area contributed by atoms with Crippen molar-refractivity contribution in [2.75, 3.05) is 6.54 Å². The first kappa shape index (κ1) is 28.8. The van der Waals surface area contributed by atoms with Crippen molar-refractivity contribution in [3.63, 3.8) is 0 Å². The lowest BCUT2D eigenvalue weighted by Crippen LogP contribution is -2.54. The molecule has 10 atom stereocenters. The number of hydrogen-bond acceptors (Lipinski definition) is 7. The van der Waals surface area contributed by atoms with Gasteiger partial charge in [0.1, 0.15) is 6.04 Å². The number of aliphatic hydroxyl groups is 1. The van der Waals surface area contributed by atoms with Crippen molar-refractivity contribution in [2.24, 2.45) is 45.6 Å². The Labute approximate surface area is 234 Å². The quantitative estimate of drug-likeness (QED) is 0.184. The normalized spacial score (nSPS) is 43.8. The predicted octanol–water partition coefficient (Wildman–Crippen LogP) is 5.18. The van der Waals surface area contributed by atoms with E-state index in [-0.39, 0.29) is 35.7 Å². The van der Waals surface area contributed by atoms with Gasteiger partial charge in [-0.1, -0.05) is 19.0 Å². The van der Waals surface area contributed by atoms with Gasteiger partial charge in [0.05, 0.1) is 17.9 Å². The zero-order valence-corrected chi connectivity index (χ0v) is 24.7. The van der Waals surface area contributed by atoms with E-state index in [4.69, 9.17) is 9.57 Å². The third-order valence-electron chi connectivity index (χ3n) is 11.8. The van der Waals surface area contributed by atoms with Gasteiger partial charge in [0.15, 0.2) is 0 Å². The third kappa shape index (κ3) is 5.61. The summed E-state index contributed by atoms with van der Waals surface area (Å²) < 4.78 is 5.29. The molecule has 5 aliphatic rings. The molecule has 1 aliphatic heterocycles. The molecular formula is C31H51N3O5. The van der Waals surface area contributed by atoms with Crippen molar-refractivity contribution >= 4 is 17.8 Å². The highest BCUT2D eigenvalue weighted by Gasteiger charge is 2.60. The maximum absolute atomic E-state index is 12.4. The lowest BCUT2D eigenvalue weighted by atomic mass is 9.44. The molecule has 8 nitrogen and oxygen atoms in total. The Hall–Kier alpha value is -1.67. The molecule has 2 unspecified atom stereocenters. The minimum absolute atomic E-state index is 0.0152. The van der Waals surface area contributed by atoms with Crippen LogP contribution in [0.25, 0.3) is 0 Å². The molecule has 39 heavy (non-hydrogen) atoms. The average Bonchev–Trinajstić information content (AvgIpc) is 3.50. The van der Waals surface area contributed by atoms with Crippen LogP contribution in [0.3, 0.4) is 0 Å². The van der Waals surface area contributed by atoms with Crippen LogP contribution in [-0.2, 0) is 14.4 Å². The number of hydrogen-bond donors (Lipinski definition) is 3. The van der Waals surface area contributed by atoms with E-state index in [1.165, 1.54) is 38.5 Å². The molecule has 1 amide bonds. The number of esters is 1. The van der Waals surface area contributed by atoms with E-state index < -0.39 is 6.09 Å². The molecule has 0 bridgehead atoms. The highest BCUT2D eigenvalue weighted by molar-refractivity contribution is 5.85. The van der Waals surface area contributed by atoms with Crippen LogP contribution in [0.5, 0.6) is 0 Å². The van der Waals surface area contributed by atoms with E-state index in [0.29, 0.717) is 36.1 Å². The van der Waals surface area contributed by atoms with Crippen molar-refractivity contribution in [2.45, 2.75) is 130 Å². The van der Waals surface area contributed by atoms with Crippen LogP contribution in [0, 0.1) is 40.4 Å². The smallest absolute Gasteiger partial charge is 0.433 e. The van der Waals surface area contributed by atoms with Crippen LogP contribution in [0.2, 0.25) is 0 Å². The van der Waals surface area contributed by atoms with Crippen molar-refractivity contribution < 1.29 is 24.3 Å². The first-order chi connectivity index (χ1) is 18.5. The number of amides is 1. The van der Waals surface area contributed by atoms with Crippen LogP contribution in [0.1, 0.15) is 105 Å². The molecule has 5 fully saturated rings. The second-order valence-corrected chi connectivity index (χ2v) is 14.2. The Bertz CT molecular complexity index is 955. The zero-order valence-electron chi connectivity index (χ0n) is 24.7. The molecule has 1 heterocycles. The SMILES string of the molecule is C/C(=N\OC(=O)NCC1CCC(C(=O)OC(C)C)N1)[C@H]1CC[C@H]2[C@@H]3CC[C@H]4C[C@@H](O)CC[C@]4(C)[C@H]3CC[C@]12C. The number of carbonyl (C=O) groups excluding carboxylic acids is 2. The van der Waals surface area contributed by atoms with Gasteiger partial charge < -0.3 is 15.2 Å². The molecule has 0 spiro atoms. The van der Waals surface area contributed by atoms with Gasteiger partial charge in [-0.3, -0.25) is 14.9 Å². The second kappa shape index (κ2) is 11.3. The highest BCUT2D eigenvalue weighted by Crippen LogP contribution is 2.67. The summed E-state index contributed by atoms with van der Waals surface area (Å²) in [6, 6.07) is -0.301. The van der Waals surface area contributed by atoms with Crippen LogP contribution in [0.15, 0.2) is 5.16 Å². The molecule has 4 saturated carbocycles. The zero-order chi connectivity index (χ0) is 27.9. The second-order valence-electron chi connectivity index (χ2n) is 14.2. The maximum Gasteiger partial charge on any atom is 0.433 e. The number of rotatable bonds is 6. The van der Waals surface area contributed by atoms with Gasteiger partial charge in [0.25, 0.3) is 0 Å². The van der Waals surface area contributed by atoms with Gasteiger partial charge >= 0.3 is 12.1 Å². The van der Waals surface area contributed by atoms with Gasteiger partial charge in [-0.25, -0.2) is 4.79 Å². The van der Waals surface area contributed by atoms with Gasteiger partial charge in [-0.15, -0.1) is 0 Å². The lowest BCUT2D eigenvalue weighted by Gasteiger charge is -2.61. The minimum atomic E-state index is -0.543. The first-order valence-electron chi connectivity index (χ1n) is 15.6. The van der Waals surface area contributed by atoms with Gasteiger partial charge in [0.2, 0.25) is 0 Å². The molecular weight excluding hydrogens is 494 g/mol. The number of oxime groups is 1. The Kier molecular flexibility index (Phi) is 8.36. The Morgan fingerprint density at radius 1 is 1.00 bits per heavy atom. The molecule has 4 aliphatic carbocycles. The third-order valence-corrected chi connectivity index (χ3v) is 11.8. The standard InChI is InChI=1S/C31H51N3O5/c1-18(2)38-28(36)27-11-7-21(33-27)17-32-29(37)39-34-19(3)24-9-10-25-23-8-6-20-16-22(35)12-14-30(20,4)26(23)13-15-31(24,25)5/h18,20-27,33,35H,6-17H2,1-5H3,(H,32,37)/b34-19+/t20-,21?,22-,23-,24+,25-,26-,27?,30-,31+/m0/s1. The topological polar surface area (TPSA) is 109 Å². The van der Waals surface area contributed by atoms with Crippen molar-refractivity contribution in [1.29, 1.82) is 0 Å². The van der Waals surface area contributed by atoms with Crippen LogP contribution in [0.4, 0.5) is 4.79 Å². The molecule has 5 rings (SSSR count). The molecule has 220 valence electrons. The van der Waals surface area contributed by atoms with E-state index in [1.54, 1.807) is 0 Å². The summed E-state index contributed by atoms with van der Waals surface area (Å²) in [5.41, 5.74) is 1.53. The fourth-order valence-electron chi connectivity index (χ4n) is 9.82. The Morgan fingerprint density at radius 2 is 1.74 bits per heavy atom. The lowest BCUT2D eigenvalue weighted by molar-refractivity contribution is -0.149. The van der Waals surface area contributed by atoms with Gasteiger partial charge in [-0.05, 0) is 126 Å². The molecule has 0 aromatic rings. The summed E-state index contributed by atoms with van der Waals surface area (Å²) in [6.07, 6.45) is 11.3. The fourth-order valence-corrected chi connectivity index (χ4v) is 9.82.